The zero-order valence-corrected chi connectivity index (χ0v) is 16.9. The third-order valence-electron chi connectivity index (χ3n) is 6.89. The maximum Gasteiger partial charge on any atom is 0.263 e. The minimum absolute atomic E-state index is 0.292. The van der Waals surface area contributed by atoms with Crippen molar-refractivity contribution in [2.75, 3.05) is 5.73 Å². The van der Waals surface area contributed by atoms with Crippen molar-refractivity contribution in [1.29, 1.82) is 0 Å². The summed E-state index contributed by atoms with van der Waals surface area (Å²) in [6.07, 6.45) is 0. The SMILES string of the molecule is Bc1ccc(N)c2c(=O)n(C3(B)C(=O)NC(=O)C(B)(B)C3(B)B)c(C)nc12. The third-order valence-corrected chi connectivity index (χ3v) is 6.89. The summed E-state index contributed by atoms with van der Waals surface area (Å²) in [4.78, 5) is 43.7. The average molecular weight is 357 g/mol. The fourth-order valence-corrected chi connectivity index (χ4v) is 4.02. The van der Waals surface area contributed by atoms with Crippen molar-refractivity contribution in [2.45, 2.75) is 22.8 Å². The Balaban J connectivity index is 2.48. The highest BCUT2D eigenvalue weighted by Crippen LogP contribution is 2.54. The number of nitrogens with two attached hydrogens (primary N) is 1. The molecule has 13 heteroatoms. The van der Waals surface area contributed by atoms with Crippen molar-refractivity contribution in [3.8, 4) is 0 Å². The lowest BCUT2D eigenvalue weighted by Crippen LogP contribution is -2.71. The largest absolute Gasteiger partial charge is 0.398 e. The van der Waals surface area contributed by atoms with Crippen molar-refractivity contribution >= 4 is 80.9 Å². The van der Waals surface area contributed by atoms with Crippen LogP contribution in [0.15, 0.2) is 16.9 Å². The summed E-state index contributed by atoms with van der Waals surface area (Å²) in [6, 6.07) is 3.48. The first-order valence-corrected chi connectivity index (χ1v) is 8.93. The molecule has 1 unspecified atom stereocenters. The molecule has 2 heterocycles. The number of anilines is 1. The standard InChI is InChI=1S/C14H20B6N4O3/c1-4-22-8-5(15)2-3-6(21)7(8)9(25)24(4)13(18)11(27)23-10(26)12(16,17)14(13,19)20/h2-3H,15-21H2,1H3,(H,23,26,27). The number of aromatic nitrogens is 2. The number of rotatable bonds is 1. The summed E-state index contributed by atoms with van der Waals surface area (Å²) in [5, 5.41) is 0.971. The van der Waals surface area contributed by atoms with Gasteiger partial charge in [0.2, 0.25) is 11.8 Å². The van der Waals surface area contributed by atoms with Gasteiger partial charge in [0, 0.05) is 5.69 Å². The Morgan fingerprint density at radius 2 is 1.67 bits per heavy atom. The highest BCUT2D eigenvalue weighted by Gasteiger charge is 2.62. The van der Waals surface area contributed by atoms with Crippen molar-refractivity contribution in [3.63, 3.8) is 0 Å². The topological polar surface area (TPSA) is 107 Å². The zero-order chi connectivity index (χ0) is 20.5. The number of nitrogen functional groups attached to an aromatic ring is 1. The predicted molar refractivity (Wildman–Crippen MR) is 123 cm³/mol. The molecule has 1 aliphatic heterocycles. The number of aryl methyl sites for hydroxylation is 1. The highest BCUT2D eigenvalue weighted by atomic mass is 16.2. The monoisotopic (exact) mass is 358 g/mol. The Labute approximate surface area is 162 Å². The van der Waals surface area contributed by atoms with Crippen LogP contribution in [-0.2, 0) is 15.0 Å². The molecule has 1 fully saturated rings. The molecular formula is C14H20B6N4O3. The molecule has 1 saturated heterocycles. The van der Waals surface area contributed by atoms with Crippen LogP contribution in [0.4, 0.5) is 5.69 Å². The number of carbonyl (C=O) groups is 2. The van der Waals surface area contributed by atoms with E-state index in [0.29, 0.717) is 22.4 Å². The first-order valence-electron chi connectivity index (χ1n) is 8.93. The molecule has 1 aliphatic rings. The van der Waals surface area contributed by atoms with E-state index in [1.54, 1.807) is 36.5 Å². The second-order valence-electron chi connectivity index (χ2n) is 8.60. The molecule has 0 bridgehead atoms. The highest BCUT2D eigenvalue weighted by molar-refractivity contribution is 6.66. The number of hydrogen-bond donors (Lipinski definition) is 2. The number of carbonyl (C=O) groups excluding carboxylic acids is 2. The van der Waals surface area contributed by atoms with E-state index in [1.807, 2.05) is 29.6 Å². The minimum Gasteiger partial charge on any atom is -0.398 e. The van der Waals surface area contributed by atoms with Crippen molar-refractivity contribution in [2.24, 2.45) is 0 Å². The fraction of sp³-hybridized carbons (Fsp3) is 0.286. The van der Waals surface area contributed by atoms with E-state index < -0.39 is 21.8 Å². The van der Waals surface area contributed by atoms with Crippen LogP contribution in [0, 0.1) is 6.92 Å². The number of amides is 2. The van der Waals surface area contributed by atoms with Crippen LogP contribution in [0.3, 0.4) is 0 Å². The van der Waals surface area contributed by atoms with Crippen LogP contribution in [0.1, 0.15) is 5.82 Å². The number of nitrogens with one attached hydrogen (secondary N) is 1. The van der Waals surface area contributed by atoms with Gasteiger partial charge in [0.1, 0.15) is 52.9 Å². The number of nitrogens with zero attached hydrogens (tertiary/aromatic N) is 2. The molecule has 0 saturated carbocycles. The normalized spacial score (nSPS) is 23.9. The summed E-state index contributed by atoms with van der Waals surface area (Å²) in [5.74, 6) is -0.476. The first-order chi connectivity index (χ1) is 12.3. The molecule has 7 nitrogen and oxygen atoms in total. The lowest BCUT2D eigenvalue weighted by molar-refractivity contribution is -0.139. The van der Waals surface area contributed by atoms with E-state index in [1.165, 1.54) is 4.57 Å². The Morgan fingerprint density at radius 3 is 2.26 bits per heavy atom. The van der Waals surface area contributed by atoms with Gasteiger partial charge in [-0.05, 0) is 18.2 Å². The van der Waals surface area contributed by atoms with Gasteiger partial charge in [-0.1, -0.05) is 16.7 Å². The Morgan fingerprint density at radius 1 is 1.07 bits per heavy atom. The molecule has 1 aromatic carbocycles. The van der Waals surface area contributed by atoms with Crippen molar-refractivity contribution < 1.29 is 9.59 Å². The van der Waals surface area contributed by atoms with Crippen LogP contribution in [0.5, 0.6) is 0 Å². The van der Waals surface area contributed by atoms with E-state index in [9.17, 15) is 14.4 Å². The molecule has 1 aromatic heterocycles. The van der Waals surface area contributed by atoms with E-state index >= 15 is 0 Å². The smallest absolute Gasteiger partial charge is 0.263 e. The van der Waals surface area contributed by atoms with E-state index in [4.69, 9.17) is 5.73 Å². The molecule has 0 aliphatic carbocycles. The number of hydrogen-bond acceptors (Lipinski definition) is 5. The second kappa shape index (κ2) is 5.59. The van der Waals surface area contributed by atoms with Gasteiger partial charge in [-0.2, -0.15) is 0 Å². The summed E-state index contributed by atoms with van der Waals surface area (Å²) in [7, 11) is 10.8. The van der Waals surface area contributed by atoms with Crippen LogP contribution in [0.2, 0.25) is 10.4 Å². The molecule has 0 spiro atoms. The second-order valence-corrected chi connectivity index (χ2v) is 8.60. The summed E-state index contributed by atoms with van der Waals surface area (Å²) >= 11 is 0. The molecule has 0 radical (unpaired) electrons. The van der Waals surface area contributed by atoms with Crippen LogP contribution < -0.4 is 22.1 Å². The summed E-state index contributed by atoms with van der Waals surface area (Å²) in [6.45, 7) is 1.70. The molecule has 3 N–H and O–H groups in total. The van der Waals surface area contributed by atoms with E-state index in [2.05, 4.69) is 10.3 Å². The molecule has 2 aromatic rings. The van der Waals surface area contributed by atoms with E-state index in [-0.39, 0.29) is 11.5 Å². The van der Waals surface area contributed by atoms with Gasteiger partial charge in [0.15, 0.2) is 0 Å². The lowest BCUT2D eigenvalue weighted by atomic mass is 9.21. The Hall–Kier alpha value is -2.31. The van der Waals surface area contributed by atoms with Gasteiger partial charge in [-0.25, -0.2) is 4.98 Å². The third kappa shape index (κ3) is 2.23. The predicted octanol–water partition coefficient (Wildman–Crippen LogP) is -6.75. The molecule has 2 amide bonds. The first kappa shape index (κ1) is 19.5. The summed E-state index contributed by atoms with van der Waals surface area (Å²) in [5.41, 5.74) is 6.05. The zero-order valence-electron chi connectivity index (χ0n) is 16.9. The number of imide groups is 1. The lowest BCUT2D eigenvalue weighted by Gasteiger charge is -2.56. The van der Waals surface area contributed by atoms with E-state index in [0.717, 1.165) is 5.46 Å². The van der Waals surface area contributed by atoms with Gasteiger partial charge in [0.05, 0.1) is 16.3 Å². The Bertz CT molecular complexity index is 1080. The Kier molecular flexibility index (Phi) is 4.03. The van der Waals surface area contributed by atoms with Gasteiger partial charge in [-0.3, -0.25) is 24.3 Å². The van der Waals surface area contributed by atoms with Gasteiger partial charge in [0.25, 0.3) is 5.56 Å². The van der Waals surface area contributed by atoms with Gasteiger partial charge in [-0.15, -0.1) is 0 Å². The van der Waals surface area contributed by atoms with Crippen LogP contribution >= 0.6 is 0 Å². The quantitative estimate of drug-likeness (QED) is 0.300. The van der Waals surface area contributed by atoms with Crippen LogP contribution in [0.25, 0.3) is 10.9 Å². The molecule has 132 valence electrons. The van der Waals surface area contributed by atoms with Crippen molar-refractivity contribution in [1.82, 2.24) is 14.9 Å². The maximum atomic E-state index is 13.5. The summed E-state index contributed by atoms with van der Waals surface area (Å²) < 4.78 is 1.40. The molecule has 3 rings (SSSR count). The number of benzene rings is 1. The fourth-order valence-electron chi connectivity index (χ4n) is 4.02. The molecule has 1 atom stereocenters. The van der Waals surface area contributed by atoms with Gasteiger partial charge < -0.3 is 5.73 Å². The molecule has 27 heavy (non-hydrogen) atoms. The van der Waals surface area contributed by atoms with Gasteiger partial charge >= 0.3 is 0 Å². The molecular weight excluding hydrogens is 337 g/mol. The number of piperidine rings is 1. The minimum atomic E-state index is -1.33. The average Bonchev–Trinajstić information content (AvgIpc) is 2.56. The van der Waals surface area contributed by atoms with Crippen LogP contribution in [-0.4, -0.2) is 68.4 Å². The number of fused-ring (bicyclic) bond motifs is 1. The maximum absolute atomic E-state index is 13.5. The van der Waals surface area contributed by atoms with Crippen molar-refractivity contribution in [3.05, 3.63) is 28.3 Å².